The lowest BCUT2D eigenvalue weighted by atomic mass is 9.75. The molecule has 2 atom stereocenters. The molecule has 3 N–H and O–H groups in total. The number of amides is 5. The van der Waals surface area contributed by atoms with Crippen molar-refractivity contribution in [2.45, 2.75) is 111 Å². The molecular weight excluding hydrogens is 1570 g/mol. The van der Waals surface area contributed by atoms with Gasteiger partial charge in [0.25, 0.3) is 0 Å². The van der Waals surface area contributed by atoms with E-state index in [1.807, 2.05) is 158 Å². The smallest absolute Gasteiger partial charge is 0.346 e. The van der Waals surface area contributed by atoms with Gasteiger partial charge in [-0.2, -0.15) is 53.3 Å². The largest absolute Gasteiger partial charge is 0.397 e. The number of piperidine rings is 2. The minimum absolute atomic E-state index is 0. The number of fused-ring (bicyclic) bond motifs is 4. The number of likely N-dealkylation sites (tertiary alicyclic amines) is 2. The number of likely N-dealkylation sites (N-methyl/N-ethyl adjacent to an activating group) is 4. The molecular formula is C84H91Cl5F6N8O6S2. The van der Waals surface area contributed by atoms with Gasteiger partial charge in [0, 0.05) is 73.5 Å². The van der Waals surface area contributed by atoms with Crippen LogP contribution in [0.4, 0.5) is 26.3 Å². The van der Waals surface area contributed by atoms with Crippen molar-refractivity contribution in [3.63, 3.8) is 0 Å². The molecule has 0 bridgehead atoms. The van der Waals surface area contributed by atoms with Crippen molar-refractivity contribution >= 4 is 120 Å². The van der Waals surface area contributed by atoms with Crippen molar-refractivity contribution in [2.75, 3.05) is 80.5 Å². The lowest BCUT2D eigenvalue weighted by Gasteiger charge is -2.48. The van der Waals surface area contributed by atoms with Crippen LogP contribution < -0.4 is 16.0 Å². The maximum Gasteiger partial charge on any atom is 0.397 e. The van der Waals surface area contributed by atoms with Gasteiger partial charge in [0.1, 0.15) is 12.8 Å². The molecule has 14 nitrogen and oxygen atoms in total. The van der Waals surface area contributed by atoms with Crippen LogP contribution in [-0.2, 0) is 63.8 Å². The molecule has 2 spiro atoms. The van der Waals surface area contributed by atoms with Gasteiger partial charge in [-0.25, -0.2) is 0 Å². The highest BCUT2D eigenvalue weighted by Gasteiger charge is 2.48. The van der Waals surface area contributed by atoms with Crippen LogP contribution >= 0.6 is 85.0 Å². The molecule has 27 heteroatoms. The van der Waals surface area contributed by atoms with Crippen molar-refractivity contribution in [3.8, 4) is 0 Å². The minimum Gasteiger partial charge on any atom is -0.346 e. The van der Waals surface area contributed by atoms with Crippen LogP contribution in [0, 0.1) is 0 Å². The highest BCUT2D eigenvalue weighted by atomic mass is 35.5. The van der Waals surface area contributed by atoms with Crippen LogP contribution in [0.15, 0.2) is 206 Å². The first-order chi connectivity index (χ1) is 51.9. The molecule has 0 saturated carbocycles. The fourth-order valence-electron chi connectivity index (χ4n) is 15.7. The van der Waals surface area contributed by atoms with Gasteiger partial charge < -0.3 is 40.4 Å². The van der Waals surface area contributed by atoms with E-state index in [-0.39, 0.29) is 85.4 Å². The van der Waals surface area contributed by atoms with Gasteiger partial charge in [-0.15, -0.1) is 0 Å². The van der Waals surface area contributed by atoms with E-state index in [1.165, 1.54) is 19.7 Å². The number of benzene rings is 8. The Morgan fingerprint density at radius 3 is 1.21 bits per heavy atom. The number of nitrogens with zero attached hydrogens (tertiary/aromatic N) is 5. The molecule has 0 aromatic heterocycles. The van der Waals surface area contributed by atoms with Gasteiger partial charge in [-0.1, -0.05) is 228 Å². The predicted octanol–water partition coefficient (Wildman–Crippen LogP) is 16.6. The van der Waals surface area contributed by atoms with E-state index < -0.39 is 65.1 Å². The van der Waals surface area contributed by atoms with Crippen LogP contribution in [0.25, 0.3) is 0 Å². The number of alkyl halides is 6. The van der Waals surface area contributed by atoms with E-state index in [0.717, 1.165) is 80.2 Å². The molecule has 0 radical (unpaired) electrons. The van der Waals surface area contributed by atoms with Gasteiger partial charge in [0.15, 0.2) is 0 Å². The standard InChI is InChI=1S/C42H43Cl2F3N4O3.C28H33Cl2F3N4O2.C14H11ClO.2H2S/c1-49(37(53)27-42(45,46)47)28-41(32-17-18-34(43)35(44)26-32,50(2)39(54)38(29-11-5-3-6-12-29)30-13-7-4-8-14-30)21-24-51-22-19-40(20-23-51)33-16-10-9-15-31(33)25-36(52)48-40;1-34-27(20-7-8-22(29)23(30)16-20,18-36(2)25(39)17-28(31,32)33)11-14-37-12-9-26(10-13-37)21-6-4-3-5-19(21)15-24(38)35-26;15-14(16)13(11-7-3-1-4-8-11)12-9-5-2-6-10-12;;/h3-18,26,38H,19-25,27-28H2,1-2H3,(H,48,52);3-8,16,34H,9-15,17-18H2,1-2H3,(H,35,38);1-10,13H;2*1H2/t41-;27-;;;/m11.../s1. The van der Waals surface area contributed by atoms with Crippen LogP contribution in [0.5, 0.6) is 0 Å². The summed E-state index contributed by atoms with van der Waals surface area (Å²) in [5.41, 5.74) is 5.84. The third-order valence-electron chi connectivity index (χ3n) is 21.6. The van der Waals surface area contributed by atoms with Gasteiger partial charge in [0.2, 0.25) is 34.8 Å². The van der Waals surface area contributed by atoms with Crippen LogP contribution in [0.3, 0.4) is 0 Å². The predicted molar refractivity (Wildman–Crippen MR) is 436 cm³/mol. The second-order valence-electron chi connectivity index (χ2n) is 28.5. The van der Waals surface area contributed by atoms with Crippen LogP contribution in [0.1, 0.15) is 119 Å². The Labute approximate surface area is 683 Å². The monoisotopic (exact) mass is 1660 g/mol. The number of nitrogens with one attached hydrogen (secondary N) is 3. The van der Waals surface area contributed by atoms with E-state index >= 15 is 4.79 Å². The van der Waals surface area contributed by atoms with E-state index in [2.05, 4.69) is 37.9 Å². The summed E-state index contributed by atoms with van der Waals surface area (Å²) in [6.07, 6.45) is -8.21. The van der Waals surface area contributed by atoms with E-state index in [0.29, 0.717) is 73.9 Å². The molecule has 0 unspecified atom stereocenters. The van der Waals surface area contributed by atoms with Gasteiger partial charge in [-0.05, 0) is 137 Å². The summed E-state index contributed by atoms with van der Waals surface area (Å²) in [6, 6.07) is 63.9. The van der Waals surface area contributed by atoms with Crippen molar-refractivity contribution in [2.24, 2.45) is 0 Å². The second kappa shape index (κ2) is 38.9. The SMILES string of the molecule is CN(C[C@](CCN1CCC2(CC1)NC(=O)Cc1ccccc12)(c1ccc(Cl)c(Cl)c1)N(C)C(=O)C(c1ccccc1)c1ccccc1)C(=O)CC(F)(F)F.CN[C@](CCN1CCC2(CC1)NC(=O)Cc1ccccc12)(CN(C)C(=O)CC(F)(F)F)c1ccc(Cl)c(Cl)c1.O=C(Cl)C(c1ccccc1)c1ccccc1.S.S. The molecule has 2 fully saturated rings. The second-order valence-corrected chi connectivity index (χ2v) is 30.5. The Bertz CT molecular complexity index is 4410. The summed E-state index contributed by atoms with van der Waals surface area (Å²) in [5, 5.41) is 10.6. The summed E-state index contributed by atoms with van der Waals surface area (Å²) >= 11 is 31.1. The van der Waals surface area contributed by atoms with Crippen molar-refractivity contribution in [3.05, 3.63) is 282 Å². The summed E-state index contributed by atoms with van der Waals surface area (Å²) in [4.78, 5) is 85.8. The summed E-state index contributed by atoms with van der Waals surface area (Å²) < 4.78 is 79.5. The zero-order valence-electron chi connectivity index (χ0n) is 61.9. The molecule has 2 saturated heterocycles. The Kier molecular flexibility index (Phi) is 31.2. The first kappa shape index (κ1) is 88.9. The summed E-state index contributed by atoms with van der Waals surface area (Å²) in [6.45, 7) is 3.50. The van der Waals surface area contributed by atoms with E-state index in [4.69, 9.17) is 58.0 Å². The lowest BCUT2D eigenvalue weighted by molar-refractivity contribution is -0.163. The van der Waals surface area contributed by atoms with Crippen molar-refractivity contribution in [1.82, 2.24) is 40.4 Å². The Morgan fingerprint density at radius 2 is 0.829 bits per heavy atom. The first-order valence-corrected chi connectivity index (χ1v) is 37.9. The Hall–Kier alpha value is -7.61. The van der Waals surface area contributed by atoms with Crippen molar-refractivity contribution in [1.29, 1.82) is 0 Å². The Balaban J connectivity index is 0.000000236. The fraction of sp³-hybridized carbons (Fsp3) is 0.357. The van der Waals surface area contributed by atoms with Gasteiger partial charge in [-0.3, -0.25) is 28.8 Å². The highest BCUT2D eigenvalue weighted by molar-refractivity contribution is 7.59. The number of halogens is 11. The number of carbonyl (C=O) groups excluding carboxylic acids is 6. The molecule has 8 aromatic carbocycles. The number of carbonyl (C=O) groups is 6. The number of hydrogen-bond donors (Lipinski definition) is 3. The lowest BCUT2D eigenvalue weighted by Crippen LogP contribution is -2.58. The quantitative estimate of drug-likeness (QED) is 0.0444. The number of hydrogen-bond acceptors (Lipinski definition) is 9. The van der Waals surface area contributed by atoms with Gasteiger partial charge in [0.05, 0.1) is 66.9 Å². The highest BCUT2D eigenvalue weighted by Crippen LogP contribution is 2.44. The van der Waals surface area contributed by atoms with E-state index in [9.17, 15) is 50.3 Å². The average molecular weight is 1660 g/mol. The van der Waals surface area contributed by atoms with Gasteiger partial charge >= 0.3 is 12.4 Å². The zero-order valence-corrected chi connectivity index (χ0v) is 67.6. The van der Waals surface area contributed by atoms with Crippen molar-refractivity contribution < 1.29 is 55.1 Å². The number of rotatable bonds is 22. The maximum absolute atomic E-state index is 15.1. The average Bonchev–Trinajstić information content (AvgIpc) is 0.763. The topological polar surface area (TPSA) is 155 Å². The molecule has 592 valence electrons. The molecule has 4 heterocycles. The molecule has 111 heavy (non-hydrogen) atoms. The zero-order chi connectivity index (χ0) is 78.5. The molecule has 4 aliphatic heterocycles. The minimum atomic E-state index is -4.72. The normalized spacial score (nSPS) is 16.2. The molecule has 12 rings (SSSR count). The van der Waals surface area contributed by atoms with E-state index in [1.54, 1.807) is 55.4 Å². The molecule has 0 aliphatic carbocycles. The summed E-state index contributed by atoms with van der Waals surface area (Å²) in [5.74, 6) is -3.56. The van der Waals surface area contributed by atoms with Crippen LogP contribution in [-0.4, -0.2) is 152 Å². The maximum atomic E-state index is 15.1. The first-order valence-electron chi connectivity index (χ1n) is 36.0. The van der Waals surface area contributed by atoms with Crippen LogP contribution in [0.2, 0.25) is 20.1 Å². The molecule has 5 amide bonds. The third-order valence-corrected chi connectivity index (χ3v) is 23.3. The fourth-order valence-corrected chi connectivity index (χ4v) is 16.6. The summed E-state index contributed by atoms with van der Waals surface area (Å²) in [7, 11) is 6.08. The molecule has 8 aromatic rings. The third kappa shape index (κ3) is 22.2. The molecule has 4 aliphatic rings. The Morgan fingerprint density at radius 1 is 0.477 bits per heavy atom.